The van der Waals surface area contributed by atoms with Crippen LogP contribution in [-0.2, 0) is 0 Å². The van der Waals surface area contributed by atoms with E-state index in [1.807, 2.05) is 13.8 Å². The second-order valence-corrected chi connectivity index (χ2v) is 3.28. The lowest BCUT2D eigenvalue weighted by molar-refractivity contribution is -0.385. The monoisotopic (exact) mass is 195 g/mol. The lowest BCUT2D eigenvalue weighted by Gasteiger charge is -2.10. The van der Waals surface area contributed by atoms with E-state index in [-0.39, 0.29) is 17.4 Å². The van der Waals surface area contributed by atoms with Gasteiger partial charge >= 0.3 is 5.69 Å². The van der Waals surface area contributed by atoms with Gasteiger partial charge in [-0.1, -0.05) is 26.0 Å². The summed E-state index contributed by atoms with van der Waals surface area (Å²) in [6.07, 6.45) is 0.842. The van der Waals surface area contributed by atoms with E-state index < -0.39 is 4.92 Å². The molecule has 0 aromatic heterocycles. The molecule has 0 saturated heterocycles. The van der Waals surface area contributed by atoms with Crippen molar-refractivity contribution in [2.75, 3.05) is 0 Å². The third-order valence-corrected chi connectivity index (χ3v) is 2.39. The van der Waals surface area contributed by atoms with Crippen LogP contribution in [0.5, 0.6) is 5.75 Å². The number of aromatic hydroxyl groups is 1. The predicted octanol–water partition coefficient (Wildman–Crippen LogP) is 2.81. The zero-order valence-electron chi connectivity index (χ0n) is 8.23. The molecule has 0 fully saturated rings. The summed E-state index contributed by atoms with van der Waals surface area (Å²) in [5, 5.41) is 20.1. The third-order valence-electron chi connectivity index (χ3n) is 2.39. The SMILES string of the molecule is CCC(C)c1cccc([N+](=O)[O-])c1O. The highest BCUT2D eigenvalue weighted by Gasteiger charge is 2.18. The number of phenols is 1. The van der Waals surface area contributed by atoms with Gasteiger partial charge in [-0.25, -0.2) is 0 Å². The van der Waals surface area contributed by atoms with E-state index >= 15 is 0 Å². The maximum Gasteiger partial charge on any atom is 0.310 e. The Morgan fingerprint density at radius 2 is 2.21 bits per heavy atom. The van der Waals surface area contributed by atoms with Gasteiger partial charge in [0.15, 0.2) is 5.75 Å². The van der Waals surface area contributed by atoms with Crippen LogP contribution in [0.15, 0.2) is 18.2 Å². The molecule has 0 bridgehead atoms. The summed E-state index contributed by atoms with van der Waals surface area (Å²) in [7, 11) is 0. The molecule has 1 N–H and O–H groups in total. The Bertz CT molecular complexity index is 349. The molecule has 0 aliphatic carbocycles. The van der Waals surface area contributed by atoms with Gasteiger partial charge in [-0.3, -0.25) is 10.1 Å². The van der Waals surface area contributed by atoms with Crippen LogP contribution in [-0.4, -0.2) is 10.0 Å². The summed E-state index contributed by atoms with van der Waals surface area (Å²) in [5.74, 6) is -0.0678. The third kappa shape index (κ3) is 1.84. The summed E-state index contributed by atoms with van der Waals surface area (Å²) in [6.45, 7) is 3.90. The molecule has 0 spiro atoms. The summed E-state index contributed by atoms with van der Waals surface area (Å²) in [4.78, 5) is 9.96. The van der Waals surface area contributed by atoms with Crippen LogP contribution in [0.25, 0.3) is 0 Å². The van der Waals surface area contributed by atoms with Crippen molar-refractivity contribution in [3.8, 4) is 5.75 Å². The first-order valence-corrected chi connectivity index (χ1v) is 4.54. The van der Waals surface area contributed by atoms with E-state index in [1.165, 1.54) is 6.07 Å². The van der Waals surface area contributed by atoms with Gasteiger partial charge in [-0.15, -0.1) is 0 Å². The average Bonchev–Trinajstić information content (AvgIpc) is 2.16. The highest BCUT2D eigenvalue weighted by molar-refractivity contribution is 5.51. The second-order valence-electron chi connectivity index (χ2n) is 3.28. The fraction of sp³-hybridized carbons (Fsp3) is 0.400. The molecule has 0 aliphatic rings. The minimum atomic E-state index is -0.568. The van der Waals surface area contributed by atoms with Gasteiger partial charge in [0.05, 0.1) is 4.92 Å². The van der Waals surface area contributed by atoms with Crippen LogP contribution >= 0.6 is 0 Å². The Morgan fingerprint density at radius 3 is 2.71 bits per heavy atom. The van der Waals surface area contributed by atoms with Crippen LogP contribution in [0.3, 0.4) is 0 Å². The van der Waals surface area contributed by atoms with E-state index in [9.17, 15) is 15.2 Å². The van der Waals surface area contributed by atoms with Gasteiger partial charge in [-0.05, 0) is 12.3 Å². The molecule has 1 rings (SSSR count). The van der Waals surface area contributed by atoms with Gasteiger partial charge < -0.3 is 5.11 Å². The lowest BCUT2D eigenvalue weighted by Crippen LogP contribution is -1.95. The Balaban J connectivity index is 3.20. The molecule has 0 aliphatic heterocycles. The Kier molecular flexibility index (Phi) is 3.06. The lowest BCUT2D eigenvalue weighted by atomic mass is 9.97. The summed E-state index contributed by atoms with van der Waals surface area (Å²) < 4.78 is 0. The van der Waals surface area contributed by atoms with Crippen molar-refractivity contribution in [1.29, 1.82) is 0 Å². The maximum atomic E-state index is 10.5. The van der Waals surface area contributed by atoms with Crippen molar-refractivity contribution in [1.82, 2.24) is 0 Å². The molecule has 4 heteroatoms. The van der Waals surface area contributed by atoms with E-state index in [0.717, 1.165) is 6.42 Å². The molecule has 0 radical (unpaired) electrons. The van der Waals surface area contributed by atoms with E-state index in [2.05, 4.69) is 0 Å². The van der Waals surface area contributed by atoms with Crippen molar-refractivity contribution in [3.63, 3.8) is 0 Å². The van der Waals surface area contributed by atoms with Crippen LogP contribution in [0.4, 0.5) is 5.69 Å². The summed E-state index contributed by atoms with van der Waals surface area (Å²) >= 11 is 0. The van der Waals surface area contributed by atoms with Crippen molar-refractivity contribution in [3.05, 3.63) is 33.9 Å². The molecule has 76 valence electrons. The fourth-order valence-corrected chi connectivity index (χ4v) is 1.31. The number of nitro groups is 1. The van der Waals surface area contributed by atoms with Crippen molar-refractivity contribution in [2.45, 2.75) is 26.2 Å². The molecule has 1 atom stereocenters. The van der Waals surface area contributed by atoms with Crippen molar-refractivity contribution in [2.24, 2.45) is 0 Å². The highest BCUT2D eigenvalue weighted by atomic mass is 16.6. The van der Waals surface area contributed by atoms with Crippen LogP contribution < -0.4 is 0 Å². The molecule has 1 unspecified atom stereocenters. The summed E-state index contributed by atoms with van der Waals surface area (Å²) in [5.41, 5.74) is 0.421. The second kappa shape index (κ2) is 4.09. The predicted molar refractivity (Wildman–Crippen MR) is 53.5 cm³/mol. The van der Waals surface area contributed by atoms with Gasteiger partial charge in [-0.2, -0.15) is 0 Å². The topological polar surface area (TPSA) is 63.4 Å². The fourth-order valence-electron chi connectivity index (χ4n) is 1.31. The molecular formula is C10H13NO3. The molecule has 1 aromatic carbocycles. The number of hydrogen-bond acceptors (Lipinski definition) is 3. The van der Waals surface area contributed by atoms with Crippen LogP contribution in [0.2, 0.25) is 0 Å². The van der Waals surface area contributed by atoms with Crippen LogP contribution in [0.1, 0.15) is 31.7 Å². The smallest absolute Gasteiger partial charge is 0.310 e. The molecule has 0 heterocycles. The van der Waals surface area contributed by atoms with Gasteiger partial charge in [0, 0.05) is 11.6 Å². The van der Waals surface area contributed by atoms with E-state index in [0.29, 0.717) is 5.56 Å². The minimum Gasteiger partial charge on any atom is -0.502 e. The molecule has 14 heavy (non-hydrogen) atoms. The van der Waals surface area contributed by atoms with Crippen molar-refractivity contribution < 1.29 is 10.0 Å². The maximum absolute atomic E-state index is 10.5. The largest absolute Gasteiger partial charge is 0.502 e. The highest BCUT2D eigenvalue weighted by Crippen LogP contribution is 2.34. The minimum absolute atomic E-state index is 0.134. The number of benzene rings is 1. The molecule has 0 saturated carbocycles. The van der Waals surface area contributed by atoms with Crippen LogP contribution in [0, 0.1) is 10.1 Å². The number of rotatable bonds is 3. The Hall–Kier alpha value is -1.58. The quantitative estimate of drug-likeness (QED) is 0.595. The normalized spacial score (nSPS) is 12.4. The molecule has 4 nitrogen and oxygen atoms in total. The average molecular weight is 195 g/mol. The molecule has 0 amide bonds. The van der Waals surface area contributed by atoms with Gasteiger partial charge in [0.1, 0.15) is 0 Å². The standard InChI is InChI=1S/C10H13NO3/c1-3-7(2)8-5-4-6-9(10(8)12)11(13)14/h4-7,12H,3H2,1-2H3. The zero-order valence-corrected chi connectivity index (χ0v) is 8.23. The van der Waals surface area contributed by atoms with Gasteiger partial charge in [0.2, 0.25) is 0 Å². The molecule has 1 aromatic rings. The summed E-state index contributed by atoms with van der Waals surface area (Å²) in [6, 6.07) is 4.62. The van der Waals surface area contributed by atoms with Gasteiger partial charge in [0.25, 0.3) is 0 Å². The van der Waals surface area contributed by atoms with E-state index in [4.69, 9.17) is 0 Å². The first-order valence-electron chi connectivity index (χ1n) is 4.54. The number of para-hydroxylation sites is 1. The Morgan fingerprint density at radius 1 is 1.57 bits per heavy atom. The Labute approximate surface area is 82.3 Å². The number of nitro benzene ring substituents is 1. The number of nitrogens with zero attached hydrogens (tertiary/aromatic N) is 1. The first-order chi connectivity index (χ1) is 6.57. The van der Waals surface area contributed by atoms with Crippen molar-refractivity contribution >= 4 is 5.69 Å². The molecular weight excluding hydrogens is 182 g/mol. The number of phenolic OH excluding ortho intramolecular Hbond substituents is 1. The van der Waals surface area contributed by atoms with E-state index in [1.54, 1.807) is 12.1 Å². The first kappa shape index (κ1) is 10.5. The number of hydrogen-bond donors (Lipinski definition) is 1. The zero-order chi connectivity index (χ0) is 10.7.